The van der Waals surface area contributed by atoms with Crippen LogP contribution in [-0.2, 0) is 10.4 Å². The first-order chi connectivity index (χ1) is 2.00. The molecule has 0 aromatic heterocycles. The van der Waals surface area contributed by atoms with Gasteiger partial charge >= 0.3 is 68.6 Å². The Hall–Kier alpha value is 2.13. The average molecular weight is 251 g/mol. The fourth-order valence-electron chi connectivity index (χ4n) is 0. The molecule has 0 rings (SSSR count). The third-order valence-corrected chi connectivity index (χ3v) is 0. The van der Waals surface area contributed by atoms with E-state index in [1.807, 2.05) is 0 Å². The van der Waals surface area contributed by atoms with Crippen LogP contribution in [-0.4, -0.2) is 104 Å². The summed E-state index contributed by atoms with van der Waals surface area (Å²) < 4.78 is 31.6. The van der Waals surface area contributed by atoms with Crippen LogP contribution in [0.15, 0.2) is 0 Å². The van der Waals surface area contributed by atoms with Gasteiger partial charge in [-0.05, 0) is 0 Å². The Morgan fingerprint density at radius 2 is 1.00 bits per heavy atom. The van der Waals surface area contributed by atoms with Crippen molar-refractivity contribution in [1.29, 1.82) is 0 Å². The minimum absolute atomic E-state index is 0. The summed E-state index contributed by atoms with van der Waals surface area (Å²) in [7, 11) is -4.67. The molecular formula is H10AlO6RbS. The van der Waals surface area contributed by atoms with Crippen LogP contribution in [0.1, 0.15) is 0 Å². The van der Waals surface area contributed by atoms with Gasteiger partial charge in [-0.1, -0.05) is 0 Å². The van der Waals surface area contributed by atoms with Gasteiger partial charge in [0.05, 0.1) is 0 Å². The maximum atomic E-state index is 8.74. The molecule has 56 valence electrons. The Bertz CT molecular complexity index is 96.2. The zero-order valence-corrected chi connectivity index (χ0v) is 3.94. The van der Waals surface area contributed by atoms with Crippen molar-refractivity contribution < 1.29 is 28.5 Å². The molecule has 0 fully saturated rings. The molecule has 0 aliphatic rings. The third-order valence-electron chi connectivity index (χ3n) is 0. The molecule has 6 N–H and O–H groups in total. The Balaban J connectivity index is -0.0000000133. The molecule has 0 saturated carbocycles. The van der Waals surface area contributed by atoms with Crippen LogP contribution in [0.2, 0.25) is 0 Å². The van der Waals surface area contributed by atoms with Gasteiger partial charge in [0.1, 0.15) is 0 Å². The molecule has 0 unspecified atom stereocenters. The summed E-state index contributed by atoms with van der Waals surface area (Å²) >= 11 is 0. The first-order valence-electron chi connectivity index (χ1n) is 0.698. The van der Waals surface area contributed by atoms with Crippen LogP contribution in [0, 0.1) is 0 Å². The minimum atomic E-state index is -4.67. The van der Waals surface area contributed by atoms with Gasteiger partial charge in [0, 0.05) is 0 Å². The molecule has 9 heavy (non-hydrogen) atoms. The van der Waals surface area contributed by atoms with Gasteiger partial charge in [0.25, 0.3) is 0 Å². The van der Waals surface area contributed by atoms with Crippen LogP contribution in [0.3, 0.4) is 0 Å². The summed E-state index contributed by atoms with van der Waals surface area (Å²) in [5, 5.41) is 0. The normalized spacial score (nSPS) is 6.44. The Morgan fingerprint density at radius 1 is 1.00 bits per heavy atom. The summed E-state index contributed by atoms with van der Waals surface area (Å²) in [6.45, 7) is 0. The number of hydrogen-bond donors (Lipinski definition) is 2. The van der Waals surface area contributed by atoms with E-state index in [2.05, 4.69) is 0 Å². The predicted molar refractivity (Wildman–Crippen MR) is 38.5 cm³/mol. The van der Waals surface area contributed by atoms with E-state index in [-0.39, 0.29) is 86.5 Å². The van der Waals surface area contributed by atoms with E-state index in [0.717, 1.165) is 0 Å². The van der Waals surface area contributed by atoms with Gasteiger partial charge in [-0.3, -0.25) is 9.11 Å². The number of rotatable bonds is 0. The van der Waals surface area contributed by atoms with E-state index in [1.54, 1.807) is 0 Å². The summed E-state index contributed by atoms with van der Waals surface area (Å²) in [6, 6.07) is 0. The molecule has 0 heterocycles. The molecule has 9 heteroatoms. The quantitative estimate of drug-likeness (QED) is 0.333. The van der Waals surface area contributed by atoms with Crippen LogP contribution in [0.4, 0.5) is 0 Å². The predicted octanol–water partition coefficient (Wildman–Crippen LogP) is -4.13. The second-order valence-electron chi connectivity index (χ2n) is 0.448. The molecule has 0 radical (unpaired) electrons. The van der Waals surface area contributed by atoms with Gasteiger partial charge in [-0.25, -0.2) is 0 Å². The average Bonchev–Trinajstić information content (AvgIpc) is 0.722. The third kappa shape index (κ3) is 148. The molecule has 0 aromatic rings. The topological polar surface area (TPSA) is 138 Å². The van der Waals surface area contributed by atoms with Gasteiger partial charge in [-0.2, -0.15) is 8.42 Å². The van der Waals surface area contributed by atoms with Crippen molar-refractivity contribution >= 4 is 85.9 Å². The second-order valence-corrected chi connectivity index (χ2v) is 1.34. The Morgan fingerprint density at radius 3 is 1.00 bits per heavy atom. The molecule has 0 aromatic carbocycles. The van der Waals surface area contributed by atoms with E-state index < -0.39 is 10.4 Å². The summed E-state index contributed by atoms with van der Waals surface area (Å²) in [5.41, 5.74) is 0. The van der Waals surface area contributed by atoms with Gasteiger partial charge in [0.2, 0.25) is 0 Å². The second kappa shape index (κ2) is 12.8. The summed E-state index contributed by atoms with van der Waals surface area (Å²) in [5.74, 6) is 0. The van der Waals surface area contributed by atoms with Gasteiger partial charge in [-0.15, -0.1) is 0 Å². The van der Waals surface area contributed by atoms with Gasteiger partial charge < -0.3 is 11.0 Å². The Labute approximate surface area is 112 Å². The summed E-state index contributed by atoms with van der Waals surface area (Å²) in [4.78, 5) is 0. The van der Waals surface area contributed by atoms with E-state index >= 15 is 0 Å². The maximum absolute atomic E-state index is 8.74. The van der Waals surface area contributed by atoms with Crippen LogP contribution in [0.5, 0.6) is 0 Å². The van der Waals surface area contributed by atoms with Crippen molar-refractivity contribution in [3.63, 3.8) is 0 Å². The molecule has 0 atom stereocenters. The SMILES string of the molecule is O.O.O=S(=O)(O)O.[AlH3].[RbH]. The first kappa shape index (κ1) is 30.4. The van der Waals surface area contributed by atoms with Crippen molar-refractivity contribution in [3.8, 4) is 0 Å². The monoisotopic (exact) mass is 250 g/mol. The van der Waals surface area contributed by atoms with E-state index in [4.69, 9.17) is 17.5 Å². The van der Waals surface area contributed by atoms with Gasteiger partial charge in [0.15, 0.2) is 17.4 Å². The van der Waals surface area contributed by atoms with E-state index in [1.165, 1.54) is 0 Å². The van der Waals surface area contributed by atoms with Crippen molar-refractivity contribution in [2.75, 3.05) is 0 Å². The summed E-state index contributed by atoms with van der Waals surface area (Å²) in [6.07, 6.45) is 0. The van der Waals surface area contributed by atoms with Crippen LogP contribution >= 0.6 is 0 Å². The van der Waals surface area contributed by atoms with Crippen LogP contribution < -0.4 is 0 Å². The zero-order valence-electron chi connectivity index (χ0n) is 3.12. The Kier molecular flexibility index (Phi) is 43.1. The fraction of sp³-hybridized carbons (Fsp3) is 0. The molecule has 6 nitrogen and oxygen atoms in total. The fourth-order valence-corrected chi connectivity index (χ4v) is 0. The van der Waals surface area contributed by atoms with E-state index in [9.17, 15) is 0 Å². The zero-order chi connectivity index (χ0) is 4.50. The standard InChI is InChI=1S/Al.H2O4S.2H2O.Rb.4H/c;1-5(2,3)4;;;;;;;/h;(H2,1,2,3,4);2*1H2;;;;;. The molecule has 0 bridgehead atoms. The molecule has 0 aliphatic carbocycles. The molecule has 0 aliphatic heterocycles. The van der Waals surface area contributed by atoms with Crippen molar-refractivity contribution in [3.05, 3.63) is 0 Å². The van der Waals surface area contributed by atoms with Crippen molar-refractivity contribution in [2.45, 2.75) is 0 Å². The van der Waals surface area contributed by atoms with Crippen molar-refractivity contribution in [1.82, 2.24) is 0 Å². The van der Waals surface area contributed by atoms with E-state index in [0.29, 0.717) is 0 Å². The molecule has 0 spiro atoms. The van der Waals surface area contributed by atoms with Crippen LogP contribution in [0.25, 0.3) is 0 Å². The van der Waals surface area contributed by atoms with Crippen molar-refractivity contribution in [2.24, 2.45) is 0 Å². The first-order valence-corrected chi connectivity index (χ1v) is 2.10. The molecular weight excluding hydrogens is 241 g/mol. The molecule has 0 amide bonds. The number of hydrogen-bond acceptors (Lipinski definition) is 2. The molecule has 0 saturated heterocycles.